The van der Waals surface area contributed by atoms with Gasteiger partial charge in [-0.15, -0.1) is 0 Å². The van der Waals surface area contributed by atoms with Crippen LogP contribution in [0.3, 0.4) is 0 Å². The maximum absolute atomic E-state index is 12.9. The van der Waals surface area contributed by atoms with Crippen molar-refractivity contribution < 1.29 is 45.2 Å². The molecule has 0 radical (unpaired) electrons. The normalized spacial score (nSPS) is 31.3. The van der Waals surface area contributed by atoms with Crippen molar-refractivity contribution in [3.8, 4) is 0 Å². The number of carbonyl (C=O) groups is 2. The lowest BCUT2D eigenvalue weighted by molar-refractivity contribution is -0.195. The van der Waals surface area contributed by atoms with Crippen LogP contribution in [0.25, 0.3) is 0 Å². The molecule has 11 heteroatoms. The van der Waals surface area contributed by atoms with Gasteiger partial charge in [-0.25, -0.2) is 4.79 Å². The van der Waals surface area contributed by atoms with Gasteiger partial charge in [0.05, 0.1) is 5.92 Å². The first-order chi connectivity index (χ1) is 9.88. The van der Waals surface area contributed by atoms with E-state index in [0.717, 1.165) is 0 Å². The fraction of sp³-hybridized carbons (Fsp3) is 0.818. The first kappa shape index (κ1) is 17.0. The van der Waals surface area contributed by atoms with Gasteiger partial charge in [-0.1, -0.05) is 0 Å². The molecule has 4 unspecified atom stereocenters. The van der Waals surface area contributed by atoms with Crippen LogP contribution in [0, 0.1) is 5.92 Å². The van der Waals surface area contributed by atoms with Crippen LogP contribution >= 0.6 is 0 Å². The van der Waals surface area contributed by atoms with Crippen LogP contribution in [0.5, 0.6) is 0 Å². The summed E-state index contributed by atoms with van der Waals surface area (Å²) in [5.74, 6) is -3.04. The summed E-state index contributed by atoms with van der Waals surface area (Å²) in [5.41, 5.74) is 0. The topological polar surface area (TPSA) is 107 Å². The van der Waals surface area contributed by atoms with Crippen molar-refractivity contribution in [2.45, 2.75) is 49.3 Å². The van der Waals surface area contributed by atoms with Gasteiger partial charge in [0, 0.05) is 6.42 Å². The Kier molecular flexibility index (Phi) is 3.93. The van der Waals surface area contributed by atoms with E-state index in [1.54, 1.807) is 0 Å². The smallest absolute Gasteiger partial charge is 0.421 e. The van der Waals surface area contributed by atoms with Crippen molar-refractivity contribution in [1.29, 1.82) is 0 Å². The lowest BCUT2D eigenvalue weighted by Crippen LogP contribution is -2.57. The lowest BCUT2D eigenvalue weighted by atomic mass is 9.88. The fourth-order valence-electron chi connectivity index (χ4n) is 2.44. The average molecular weight is 346 g/mol. The summed E-state index contributed by atoms with van der Waals surface area (Å²) in [6, 6.07) is 0. The van der Waals surface area contributed by atoms with Gasteiger partial charge >= 0.3 is 18.1 Å². The lowest BCUT2D eigenvalue weighted by Gasteiger charge is -2.31. The maximum atomic E-state index is 12.9. The van der Waals surface area contributed by atoms with E-state index in [-0.39, 0.29) is 32.1 Å². The van der Waals surface area contributed by atoms with E-state index in [2.05, 4.69) is 4.74 Å². The molecule has 2 fully saturated rings. The van der Waals surface area contributed by atoms with Crippen molar-refractivity contribution in [2.75, 3.05) is 0 Å². The van der Waals surface area contributed by atoms with Gasteiger partial charge in [-0.05, 0) is 19.8 Å². The number of esters is 2. The van der Waals surface area contributed by atoms with Crippen LogP contribution < -0.4 is 0 Å². The largest absolute Gasteiger partial charge is 0.458 e. The van der Waals surface area contributed by atoms with Gasteiger partial charge in [0.25, 0.3) is 14.9 Å². The van der Waals surface area contributed by atoms with E-state index < -0.39 is 45.2 Å². The van der Waals surface area contributed by atoms with E-state index in [4.69, 9.17) is 9.29 Å². The van der Waals surface area contributed by atoms with Crippen LogP contribution in [-0.2, 0) is 29.2 Å². The van der Waals surface area contributed by atoms with Crippen LogP contribution in [0.1, 0.15) is 26.2 Å². The highest BCUT2D eigenvalue weighted by atomic mass is 32.2. The van der Waals surface area contributed by atoms with E-state index in [0.29, 0.717) is 0 Å². The van der Waals surface area contributed by atoms with Gasteiger partial charge in [-0.3, -0.25) is 9.35 Å². The Morgan fingerprint density at radius 2 is 1.95 bits per heavy atom. The molecule has 1 heterocycles. The third-order valence-corrected chi connectivity index (χ3v) is 5.47. The standard InChI is InChI=1S/C11H13F3O7S/c1-10(11(12,13)14,22(17,18)19)9(16)21-6-3-2-5-4-7(6)20-8(5)15/h5-7H,2-4H2,1H3,(H,17,18,19). The molecule has 1 N–H and O–H groups in total. The summed E-state index contributed by atoms with van der Waals surface area (Å²) in [4.78, 5) is 23.1. The molecular weight excluding hydrogens is 333 g/mol. The van der Waals surface area contributed by atoms with Crippen LogP contribution in [0.2, 0.25) is 0 Å². The quantitative estimate of drug-likeness (QED) is 0.596. The highest BCUT2D eigenvalue weighted by Crippen LogP contribution is 2.40. The minimum Gasteiger partial charge on any atom is -0.458 e. The Morgan fingerprint density at radius 3 is 2.45 bits per heavy atom. The monoisotopic (exact) mass is 346 g/mol. The molecule has 1 aliphatic carbocycles. The van der Waals surface area contributed by atoms with E-state index in [1.807, 2.05) is 0 Å². The molecule has 0 spiro atoms. The summed E-state index contributed by atoms with van der Waals surface area (Å²) in [5, 5.41) is 0. The van der Waals surface area contributed by atoms with Gasteiger partial charge in [-0.2, -0.15) is 21.6 Å². The zero-order chi connectivity index (χ0) is 16.9. The number of rotatable bonds is 3. The van der Waals surface area contributed by atoms with E-state index in [9.17, 15) is 31.2 Å². The zero-order valence-electron chi connectivity index (χ0n) is 11.3. The van der Waals surface area contributed by atoms with Gasteiger partial charge < -0.3 is 9.47 Å². The number of fused-ring (bicyclic) bond motifs is 2. The minimum atomic E-state index is -5.80. The average Bonchev–Trinajstić information content (AvgIpc) is 2.65. The highest BCUT2D eigenvalue weighted by Gasteiger charge is 2.67. The SMILES string of the molecule is CC(C(=O)OC1CCC2CC1OC2=O)(C(F)(F)F)S(=O)(=O)O. The molecule has 22 heavy (non-hydrogen) atoms. The van der Waals surface area contributed by atoms with E-state index >= 15 is 0 Å². The predicted molar refractivity (Wildman–Crippen MR) is 63.1 cm³/mol. The third kappa shape index (κ3) is 2.56. The summed E-state index contributed by atoms with van der Waals surface area (Å²) in [6.45, 7) is 0.0248. The molecule has 0 aromatic rings. The Bertz CT molecular complexity index is 599. The van der Waals surface area contributed by atoms with Gasteiger partial charge in [0.2, 0.25) is 0 Å². The molecule has 126 valence electrons. The molecule has 0 aromatic carbocycles. The predicted octanol–water partition coefficient (Wildman–Crippen LogP) is 0.832. The van der Waals surface area contributed by atoms with Crippen molar-refractivity contribution in [3.63, 3.8) is 0 Å². The molecule has 1 aliphatic heterocycles. The Balaban J connectivity index is 2.22. The Hall–Kier alpha value is -1.36. The molecular formula is C11H13F3O7S. The molecule has 1 saturated carbocycles. The second kappa shape index (κ2) is 5.08. The minimum absolute atomic E-state index is 0.0248. The summed E-state index contributed by atoms with van der Waals surface area (Å²) >= 11 is 0. The molecule has 1 saturated heterocycles. The van der Waals surface area contributed by atoms with Gasteiger partial charge in [0.1, 0.15) is 12.2 Å². The second-order valence-corrected chi connectivity index (χ2v) is 7.20. The molecule has 7 nitrogen and oxygen atoms in total. The molecule has 0 amide bonds. The number of hydrogen-bond donors (Lipinski definition) is 1. The Labute approximate surface area is 123 Å². The highest BCUT2D eigenvalue weighted by molar-refractivity contribution is 7.88. The maximum Gasteiger partial charge on any atom is 0.421 e. The summed E-state index contributed by atoms with van der Waals surface area (Å²) in [6.07, 6.45) is -7.09. The van der Waals surface area contributed by atoms with Crippen LogP contribution in [-0.4, -0.2) is 48.0 Å². The number of ether oxygens (including phenoxy) is 2. The molecule has 2 bridgehead atoms. The first-order valence-corrected chi connectivity index (χ1v) is 7.77. The first-order valence-electron chi connectivity index (χ1n) is 6.33. The zero-order valence-corrected chi connectivity index (χ0v) is 12.1. The molecule has 2 aliphatic rings. The molecule has 2 rings (SSSR count). The molecule has 4 atom stereocenters. The van der Waals surface area contributed by atoms with E-state index in [1.165, 1.54) is 0 Å². The second-order valence-electron chi connectivity index (χ2n) is 5.44. The van der Waals surface area contributed by atoms with Crippen molar-refractivity contribution in [2.24, 2.45) is 5.92 Å². The summed E-state index contributed by atoms with van der Waals surface area (Å²) < 4.78 is 75.1. The number of halogens is 3. The number of carbonyl (C=O) groups excluding carboxylic acids is 2. The summed E-state index contributed by atoms with van der Waals surface area (Å²) in [7, 11) is -5.80. The van der Waals surface area contributed by atoms with Crippen LogP contribution in [0.4, 0.5) is 13.2 Å². The van der Waals surface area contributed by atoms with Crippen molar-refractivity contribution in [1.82, 2.24) is 0 Å². The fourth-order valence-corrected chi connectivity index (χ4v) is 2.99. The van der Waals surface area contributed by atoms with Crippen molar-refractivity contribution in [3.05, 3.63) is 0 Å². The third-order valence-electron chi connectivity index (χ3n) is 4.04. The number of hydrogen-bond acceptors (Lipinski definition) is 6. The Morgan fingerprint density at radius 1 is 1.36 bits per heavy atom. The van der Waals surface area contributed by atoms with Crippen molar-refractivity contribution >= 4 is 22.1 Å². The van der Waals surface area contributed by atoms with Gasteiger partial charge in [0.15, 0.2) is 0 Å². The van der Waals surface area contributed by atoms with Crippen LogP contribution in [0.15, 0.2) is 0 Å². The molecule has 0 aromatic heterocycles. The number of alkyl halides is 3.